The molecule has 33 heavy (non-hydrogen) atoms. The number of anilines is 1. The van der Waals surface area contributed by atoms with Gasteiger partial charge in [-0.15, -0.1) is 0 Å². The number of hydrogen-bond donors (Lipinski definition) is 1. The van der Waals surface area contributed by atoms with Crippen LogP contribution >= 0.6 is 11.6 Å². The second-order valence-electron chi connectivity index (χ2n) is 8.14. The predicted molar refractivity (Wildman–Crippen MR) is 118 cm³/mol. The van der Waals surface area contributed by atoms with Crippen LogP contribution in [0.25, 0.3) is 11.4 Å². The summed E-state index contributed by atoms with van der Waals surface area (Å²) in [6.07, 6.45) is -3.19. The summed E-state index contributed by atoms with van der Waals surface area (Å²) in [5.41, 5.74) is 1.04. The molecule has 1 aliphatic heterocycles. The summed E-state index contributed by atoms with van der Waals surface area (Å²) in [5.74, 6) is 0.243. The van der Waals surface area contributed by atoms with Crippen LogP contribution in [0.4, 0.5) is 18.9 Å². The SMILES string of the molecule is Cc1cccc(-c2noc(CN3CCCC(C(=O)Nc4ccc(Cl)c(C(F)(F)F)c4)C3)n2)c1. The normalized spacial score (nSPS) is 17.2. The average molecular weight is 479 g/mol. The van der Waals surface area contributed by atoms with Crippen LogP contribution in [-0.4, -0.2) is 34.0 Å². The molecular weight excluding hydrogens is 457 g/mol. The van der Waals surface area contributed by atoms with Crippen molar-refractivity contribution >= 4 is 23.2 Å². The first kappa shape index (κ1) is 23.3. The van der Waals surface area contributed by atoms with Crippen LogP contribution in [0.5, 0.6) is 0 Å². The van der Waals surface area contributed by atoms with Crippen molar-refractivity contribution in [3.8, 4) is 11.4 Å². The van der Waals surface area contributed by atoms with Crippen molar-refractivity contribution in [2.24, 2.45) is 5.92 Å². The summed E-state index contributed by atoms with van der Waals surface area (Å²) in [4.78, 5) is 19.2. The number of nitrogens with one attached hydrogen (secondary N) is 1. The second kappa shape index (κ2) is 9.52. The zero-order valence-electron chi connectivity index (χ0n) is 17.8. The molecule has 6 nitrogen and oxygen atoms in total. The number of aromatic nitrogens is 2. The molecule has 1 aliphatic rings. The molecule has 0 saturated carbocycles. The van der Waals surface area contributed by atoms with Crippen molar-refractivity contribution in [1.29, 1.82) is 0 Å². The molecule has 174 valence electrons. The number of hydrogen-bond acceptors (Lipinski definition) is 5. The molecule has 0 aliphatic carbocycles. The van der Waals surface area contributed by atoms with Gasteiger partial charge in [-0.3, -0.25) is 9.69 Å². The van der Waals surface area contributed by atoms with E-state index in [1.807, 2.05) is 36.1 Å². The molecule has 2 aromatic carbocycles. The number of likely N-dealkylation sites (tertiary alicyclic amines) is 1. The number of carbonyl (C=O) groups is 1. The van der Waals surface area contributed by atoms with E-state index in [1.54, 1.807) is 0 Å². The fourth-order valence-electron chi connectivity index (χ4n) is 3.89. The number of halogens is 4. The molecular formula is C23H22ClF3N4O2. The minimum atomic E-state index is -4.60. The lowest BCUT2D eigenvalue weighted by Crippen LogP contribution is -2.40. The van der Waals surface area contributed by atoms with Crippen LogP contribution in [-0.2, 0) is 17.5 Å². The maximum Gasteiger partial charge on any atom is 0.417 e. The lowest BCUT2D eigenvalue weighted by molar-refractivity contribution is -0.137. The van der Waals surface area contributed by atoms with Gasteiger partial charge in [0.05, 0.1) is 23.0 Å². The van der Waals surface area contributed by atoms with E-state index in [4.69, 9.17) is 16.1 Å². The topological polar surface area (TPSA) is 71.3 Å². The Kier molecular flexibility index (Phi) is 6.71. The number of benzene rings is 2. The molecule has 0 bridgehead atoms. The van der Waals surface area contributed by atoms with E-state index < -0.39 is 16.8 Å². The summed E-state index contributed by atoms with van der Waals surface area (Å²) in [6.45, 7) is 3.57. The molecule has 0 spiro atoms. The van der Waals surface area contributed by atoms with Gasteiger partial charge in [0.1, 0.15) is 0 Å². The van der Waals surface area contributed by atoms with Gasteiger partial charge in [0.2, 0.25) is 17.6 Å². The van der Waals surface area contributed by atoms with Gasteiger partial charge in [0.25, 0.3) is 0 Å². The van der Waals surface area contributed by atoms with Gasteiger partial charge in [0.15, 0.2) is 0 Å². The Balaban J connectivity index is 1.38. The van der Waals surface area contributed by atoms with Crippen molar-refractivity contribution in [3.05, 3.63) is 64.5 Å². The van der Waals surface area contributed by atoms with Gasteiger partial charge < -0.3 is 9.84 Å². The Labute approximate surface area is 193 Å². The van der Waals surface area contributed by atoms with Crippen molar-refractivity contribution < 1.29 is 22.5 Å². The molecule has 10 heteroatoms. The van der Waals surface area contributed by atoms with Gasteiger partial charge in [-0.25, -0.2) is 0 Å². The van der Waals surface area contributed by atoms with E-state index >= 15 is 0 Å². The third-order valence-corrected chi connectivity index (χ3v) is 5.85. The minimum absolute atomic E-state index is 0.0635. The third-order valence-electron chi connectivity index (χ3n) is 5.52. The van der Waals surface area contributed by atoms with Crippen LogP contribution in [0.2, 0.25) is 5.02 Å². The third kappa shape index (κ3) is 5.72. The van der Waals surface area contributed by atoms with E-state index in [9.17, 15) is 18.0 Å². The van der Waals surface area contributed by atoms with E-state index in [-0.39, 0.29) is 17.5 Å². The summed E-state index contributed by atoms with van der Waals surface area (Å²) in [5, 5.41) is 6.23. The number of alkyl halides is 3. The molecule has 1 saturated heterocycles. The van der Waals surface area contributed by atoms with Crippen molar-refractivity contribution in [3.63, 3.8) is 0 Å². The standard InChI is InChI=1S/C23H22ClF3N4O2/c1-14-4-2-5-15(10-14)21-29-20(33-30-21)13-31-9-3-6-16(12-31)22(32)28-17-7-8-19(24)18(11-17)23(25,26)27/h2,4-5,7-8,10-11,16H,3,6,9,12-13H2,1H3,(H,28,32). The molecule has 2 heterocycles. The molecule has 1 amide bonds. The molecule has 0 radical (unpaired) electrons. The van der Waals surface area contributed by atoms with E-state index in [2.05, 4.69) is 15.5 Å². The van der Waals surface area contributed by atoms with Crippen LogP contribution in [0.3, 0.4) is 0 Å². The summed E-state index contributed by atoms with van der Waals surface area (Å²) in [7, 11) is 0. The van der Waals surface area contributed by atoms with Crippen LogP contribution in [0.1, 0.15) is 29.9 Å². The summed E-state index contributed by atoms with van der Waals surface area (Å²) < 4.78 is 44.6. The first-order valence-corrected chi connectivity index (χ1v) is 10.9. The molecule has 1 N–H and O–H groups in total. The highest BCUT2D eigenvalue weighted by Gasteiger charge is 2.34. The minimum Gasteiger partial charge on any atom is -0.338 e. The maximum absolute atomic E-state index is 13.1. The summed E-state index contributed by atoms with van der Waals surface area (Å²) >= 11 is 5.65. The zero-order valence-corrected chi connectivity index (χ0v) is 18.6. The van der Waals surface area contributed by atoms with Gasteiger partial charge >= 0.3 is 6.18 Å². The quantitative estimate of drug-likeness (QED) is 0.519. The Hall–Kier alpha value is -2.91. The Morgan fingerprint density at radius 2 is 2.09 bits per heavy atom. The highest BCUT2D eigenvalue weighted by molar-refractivity contribution is 6.31. The van der Waals surface area contributed by atoms with Crippen molar-refractivity contribution in [2.75, 3.05) is 18.4 Å². The number of rotatable bonds is 5. The van der Waals surface area contributed by atoms with Crippen LogP contribution in [0.15, 0.2) is 47.0 Å². The molecule has 1 aromatic heterocycles. The fourth-order valence-corrected chi connectivity index (χ4v) is 4.11. The van der Waals surface area contributed by atoms with E-state index in [1.165, 1.54) is 6.07 Å². The lowest BCUT2D eigenvalue weighted by Gasteiger charge is -2.30. The van der Waals surface area contributed by atoms with E-state index in [0.29, 0.717) is 31.2 Å². The number of carbonyl (C=O) groups excluding carboxylic acids is 1. The second-order valence-corrected chi connectivity index (χ2v) is 8.54. The predicted octanol–water partition coefficient (Wildman–Crippen LogP) is 5.57. The lowest BCUT2D eigenvalue weighted by atomic mass is 9.97. The summed E-state index contributed by atoms with van der Waals surface area (Å²) in [6, 6.07) is 11.1. The van der Waals surface area contributed by atoms with Crippen molar-refractivity contribution in [1.82, 2.24) is 15.0 Å². The van der Waals surface area contributed by atoms with E-state index in [0.717, 1.165) is 36.2 Å². The van der Waals surface area contributed by atoms with Crippen LogP contribution < -0.4 is 5.32 Å². The average Bonchev–Trinajstić information content (AvgIpc) is 3.23. The molecule has 3 aromatic rings. The Bertz CT molecular complexity index is 1150. The molecule has 1 atom stereocenters. The van der Waals surface area contributed by atoms with Gasteiger partial charge in [0, 0.05) is 17.8 Å². The van der Waals surface area contributed by atoms with Gasteiger partial charge in [-0.1, -0.05) is 40.5 Å². The molecule has 1 fully saturated rings. The Morgan fingerprint density at radius 3 is 2.85 bits per heavy atom. The highest BCUT2D eigenvalue weighted by Crippen LogP contribution is 2.36. The number of nitrogens with zero attached hydrogens (tertiary/aromatic N) is 3. The maximum atomic E-state index is 13.1. The van der Waals surface area contributed by atoms with Crippen LogP contribution in [0, 0.1) is 12.8 Å². The molecule has 1 unspecified atom stereocenters. The largest absolute Gasteiger partial charge is 0.417 e. The monoisotopic (exact) mass is 478 g/mol. The molecule has 4 rings (SSSR count). The number of amides is 1. The zero-order chi connectivity index (χ0) is 23.6. The fraction of sp³-hybridized carbons (Fsp3) is 0.348. The first-order chi connectivity index (χ1) is 15.7. The van der Waals surface area contributed by atoms with Gasteiger partial charge in [-0.05, 0) is 50.6 Å². The number of piperidine rings is 1. The van der Waals surface area contributed by atoms with Gasteiger partial charge in [-0.2, -0.15) is 18.2 Å². The number of aryl methyl sites for hydroxylation is 1. The highest BCUT2D eigenvalue weighted by atomic mass is 35.5. The Morgan fingerprint density at radius 1 is 1.27 bits per heavy atom. The first-order valence-electron chi connectivity index (χ1n) is 10.5. The smallest absolute Gasteiger partial charge is 0.338 e. The van der Waals surface area contributed by atoms with Crippen molar-refractivity contribution in [2.45, 2.75) is 32.5 Å².